The van der Waals surface area contributed by atoms with E-state index in [2.05, 4.69) is 59.6 Å². The van der Waals surface area contributed by atoms with Gasteiger partial charge in [0.15, 0.2) is 12.3 Å². The van der Waals surface area contributed by atoms with Gasteiger partial charge in [0, 0.05) is 19.0 Å². The van der Waals surface area contributed by atoms with Crippen LogP contribution in [-0.2, 0) is 46.3 Å². The Hall–Kier alpha value is -3.62. The Morgan fingerprint density at radius 2 is 1.31 bits per heavy atom. The molecule has 1 fully saturated rings. The minimum atomic E-state index is -5.49. The third kappa shape index (κ3) is 29.9. The van der Waals surface area contributed by atoms with Gasteiger partial charge < -0.3 is 50.2 Å². The molecular formula is C50H83N3O17P2. The molecule has 2 unspecified atom stereocenters. The van der Waals surface area contributed by atoms with Gasteiger partial charge in [0.25, 0.3) is 0 Å². The normalized spacial score (nSPS) is 20.4. The number of ether oxygens (including phenoxy) is 3. The van der Waals surface area contributed by atoms with Crippen molar-refractivity contribution < 1.29 is 76.5 Å². The molecule has 0 aliphatic carbocycles. The zero-order valence-corrected chi connectivity index (χ0v) is 44.0. The molecule has 20 nitrogen and oxygen atoms in total. The van der Waals surface area contributed by atoms with Gasteiger partial charge in [-0.1, -0.05) is 126 Å². The van der Waals surface area contributed by atoms with E-state index in [1.54, 1.807) is 6.08 Å². The third-order valence-electron chi connectivity index (χ3n) is 11.3. The van der Waals surface area contributed by atoms with Crippen LogP contribution in [0.3, 0.4) is 0 Å². The largest absolute Gasteiger partial charge is 0.481 e. The minimum Gasteiger partial charge on any atom is -0.462 e. The second kappa shape index (κ2) is 38.0. The van der Waals surface area contributed by atoms with Gasteiger partial charge in [-0.25, -0.2) is 13.9 Å². The number of hydrogen-bond acceptors (Lipinski definition) is 17. The van der Waals surface area contributed by atoms with Crippen molar-refractivity contribution in [2.75, 3.05) is 25.6 Å². The molecule has 1 aromatic heterocycles. The molecule has 0 amide bonds. The van der Waals surface area contributed by atoms with E-state index in [-0.39, 0.29) is 37.9 Å². The molecule has 2 heterocycles. The van der Waals surface area contributed by atoms with Crippen LogP contribution in [0, 0.1) is 0 Å². The fourth-order valence-electron chi connectivity index (χ4n) is 7.22. The number of carbonyl (C=O) groups excluding carboxylic acids is 2. The quantitative estimate of drug-likeness (QED) is 0.0140. The van der Waals surface area contributed by atoms with Gasteiger partial charge in [-0.2, -0.15) is 9.29 Å². The lowest BCUT2D eigenvalue weighted by Gasteiger charge is -2.21. The number of nitrogen functional groups attached to an aromatic ring is 1. The predicted molar refractivity (Wildman–Crippen MR) is 273 cm³/mol. The standard InChI is InChI=1S/C50H83N3O17P2/c1-3-5-7-9-11-13-15-17-18-19-21-23-25-27-29-33-46(57)68-40(37-65-45(56)34-30-32-42(55)41(54)31-28-26-24-22-20-16-14-12-10-8-6-4-2)38-66-71(61,62)70-72(63,64)67-39-43-47(58)48(59)49(69-43)53-36-35-44(51)52-50(53)60/h6,8,12,14,17-18,20,22,26,28,35-36,40-43,47-49,54-55,58-59H,3-5,7,9-11,13,15-16,19,21,23-25,27,29-34,37-39H2,1-2H3,(H,61,62)(H,63,64)(H2,51,52,60)/b8-6-,14-12-,18-17-,22-20-,28-26-/t40-,41+,42+,43-,47-,48-,49-/m1/s1. The molecule has 0 aromatic carbocycles. The summed E-state index contributed by atoms with van der Waals surface area (Å²) in [4.78, 5) is 61.9. The fraction of sp³-hybridized carbons (Fsp3) is 0.680. The average molecular weight is 1060 g/mol. The van der Waals surface area contributed by atoms with E-state index in [0.717, 1.165) is 68.6 Å². The second-order valence-electron chi connectivity index (χ2n) is 17.6. The number of hydrogen-bond donors (Lipinski definition) is 7. The zero-order valence-electron chi connectivity index (χ0n) is 42.2. The number of rotatable bonds is 41. The van der Waals surface area contributed by atoms with Crippen molar-refractivity contribution in [2.45, 2.75) is 198 Å². The number of phosphoric acid groups is 2. The number of nitrogens with zero attached hydrogens (tertiary/aromatic N) is 2. The highest BCUT2D eigenvalue weighted by atomic mass is 31.3. The number of unbranched alkanes of at least 4 members (excludes halogenated alkanes) is 11. The topological polar surface area (TPSA) is 306 Å². The Morgan fingerprint density at radius 3 is 1.93 bits per heavy atom. The Balaban J connectivity index is 1.87. The molecule has 0 radical (unpaired) electrons. The highest BCUT2D eigenvalue weighted by Gasteiger charge is 2.46. The van der Waals surface area contributed by atoms with Gasteiger partial charge in [0.05, 0.1) is 25.4 Å². The molecule has 410 valence electrons. The van der Waals surface area contributed by atoms with Crippen LogP contribution >= 0.6 is 15.6 Å². The maximum Gasteiger partial charge on any atom is 0.481 e. The monoisotopic (exact) mass is 1060 g/mol. The van der Waals surface area contributed by atoms with E-state index in [4.69, 9.17) is 29.0 Å². The summed E-state index contributed by atoms with van der Waals surface area (Å²) < 4.78 is 56.5. The number of aliphatic hydroxyl groups is 4. The highest BCUT2D eigenvalue weighted by molar-refractivity contribution is 7.61. The molecular weight excluding hydrogens is 977 g/mol. The average Bonchev–Trinajstić information content (AvgIpc) is 3.61. The fourth-order valence-corrected chi connectivity index (χ4v) is 9.33. The van der Waals surface area contributed by atoms with Crippen LogP contribution in [-0.4, -0.2) is 108 Å². The summed E-state index contributed by atoms with van der Waals surface area (Å²) in [6, 6.07) is 1.23. The van der Waals surface area contributed by atoms with Crippen molar-refractivity contribution in [2.24, 2.45) is 0 Å². The van der Waals surface area contributed by atoms with Crippen LogP contribution < -0.4 is 11.4 Å². The molecule has 0 saturated carbocycles. The summed E-state index contributed by atoms with van der Waals surface area (Å²) in [6.07, 6.45) is 28.9. The van der Waals surface area contributed by atoms with Crippen LogP contribution in [0.15, 0.2) is 77.8 Å². The number of phosphoric ester groups is 2. The van der Waals surface area contributed by atoms with Crippen LogP contribution in [0.1, 0.15) is 161 Å². The number of allylic oxidation sites excluding steroid dienone is 9. The molecule has 22 heteroatoms. The van der Waals surface area contributed by atoms with E-state index in [0.29, 0.717) is 12.8 Å². The second-order valence-corrected chi connectivity index (χ2v) is 20.6. The van der Waals surface area contributed by atoms with Crippen molar-refractivity contribution in [3.8, 4) is 0 Å². The van der Waals surface area contributed by atoms with Gasteiger partial charge in [0.1, 0.15) is 30.7 Å². The predicted octanol–water partition coefficient (Wildman–Crippen LogP) is 8.28. The molecule has 0 bridgehead atoms. The van der Waals surface area contributed by atoms with E-state index in [1.807, 2.05) is 18.2 Å². The van der Waals surface area contributed by atoms with Crippen molar-refractivity contribution in [1.82, 2.24) is 9.55 Å². The first kappa shape index (κ1) is 64.5. The van der Waals surface area contributed by atoms with E-state index in [9.17, 15) is 53.7 Å². The first-order chi connectivity index (χ1) is 34.5. The first-order valence-corrected chi connectivity index (χ1v) is 28.5. The van der Waals surface area contributed by atoms with Gasteiger partial charge in [-0.15, -0.1) is 0 Å². The third-order valence-corrected chi connectivity index (χ3v) is 13.9. The van der Waals surface area contributed by atoms with Crippen molar-refractivity contribution in [1.29, 1.82) is 0 Å². The maximum absolute atomic E-state index is 12.9. The van der Waals surface area contributed by atoms with Crippen LogP contribution in [0.4, 0.5) is 5.82 Å². The SMILES string of the molecule is CC/C=C\C/C=C\C/C=C\C/C=C\C[C@H](O)[C@@H](O)CCCC(=O)OC[C@H](COP(=O)(O)OP(=O)(O)OC[C@H]1O[C@@H](n2ccc(N)nc2=O)[C@H](O)[C@@H]1O)OC(=O)CCCCCCC/C=C\CCCCCCCC. The van der Waals surface area contributed by atoms with Crippen LogP contribution in [0.25, 0.3) is 0 Å². The van der Waals surface area contributed by atoms with Crippen molar-refractivity contribution in [3.63, 3.8) is 0 Å². The molecule has 2 rings (SSSR count). The Bertz CT molecular complexity index is 1980. The summed E-state index contributed by atoms with van der Waals surface area (Å²) in [6.45, 7) is 1.74. The summed E-state index contributed by atoms with van der Waals surface area (Å²) >= 11 is 0. The van der Waals surface area contributed by atoms with Crippen molar-refractivity contribution in [3.05, 3.63) is 83.5 Å². The Morgan fingerprint density at radius 1 is 0.736 bits per heavy atom. The van der Waals surface area contributed by atoms with Gasteiger partial charge in [0.2, 0.25) is 0 Å². The summed E-state index contributed by atoms with van der Waals surface area (Å²) in [5.74, 6) is -1.61. The van der Waals surface area contributed by atoms with E-state index >= 15 is 0 Å². The number of nitrogens with two attached hydrogens (primary N) is 1. The Labute approximate surface area is 425 Å². The summed E-state index contributed by atoms with van der Waals surface area (Å²) in [7, 11) is -11.0. The summed E-state index contributed by atoms with van der Waals surface area (Å²) in [5, 5.41) is 41.8. The Kier molecular flexibility index (Phi) is 34.0. The molecule has 1 aliphatic rings. The highest BCUT2D eigenvalue weighted by Crippen LogP contribution is 2.60. The molecule has 8 N–H and O–H groups in total. The number of esters is 2. The molecule has 1 saturated heterocycles. The summed E-state index contributed by atoms with van der Waals surface area (Å²) in [5.41, 5.74) is 4.56. The molecule has 72 heavy (non-hydrogen) atoms. The molecule has 0 spiro atoms. The lowest BCUT2D eigenvalue weighted by molar-refractivity contribution is -0.161. The lowest BCUT2D eigenvalue weighted by atomic mass is 10.0. The molecule has 9 atom stereocenters. The number of aromatic nitrogens is 2. The number of aliphatic hydroxyl groups excluding tert-OH is 4. The molecule has 1 aliphatic heterocycles. The van der Waals surface area contributed by atoms with Crippen LogP contribution in [0.5, 0.6) is 0 Å². The van der Waals surface area contributed by atoms with E-state index in [1.165, 1.54) is 44.6 Å². The smallest absolute Gasteiger partial charge is 0.462 e. The minimum absolute atomic E-state index is 0.0230. The van der Waals surface area contributed by atoms with Crippen LogP contribution in [0.2, 0.25) is 0 Å². The molecule has 1 aromatic rings. The van der Waals surface area contributed by atoms with Gasteiger partial charge in [-0.3, -0.25) is 23.2 Å². The van der Waals surface area contributed by atoms with E-state index < -0.39 is 95.9 Å². The lowest BCUT2D eigenvalue weighted by Crippen LogP contribution is -2.36. The maximum atomic E-state index is 12.9. The van der Waals surface area contributed by atoms with Gasteiger partial charge in [-0.05, 0) is 83.1 Å². The van der Waals surface area contributed by atoms with Crippen molar-refractivity contribution >= 4 is 33.4 Å². The first-order valence-electron chi connectivity index (χ1n) is 25.5. The number of anilines is 1. The zero-order chi connectivity index (χ0) is 53.0. The number of carbonyl (C=O) groups is 2. The van der Waals surface area contributed by atoms with Gasteiger partial charge >= 0.3 is 33.3 Å².